The van der Waals surface area contributed by atoms with E-state index >= 15 is 0 Å². The number of Topliss-reactive ketones (excluding diaryl/α,β-unsaturated/α-hetero) is 1. The van der Waals surface area contributed by atoms with E-state index in [9.17, 15) is 75.0 Å². The highest BCUT2D eigenvalue weighted by atomic mass is 19.4. The Morgan fingerprint density at radius 1 is 0.440 bits per heavy atom. The van der Waals surface area contributed by atoms with Crippen molar-refractivity contribution < 1.29 is 75.0 Å². The topological polar surface area (TPSA) is 17.1 Å². The number of alkyl halides is 16. The zero-order valence-corrected chi connectivity index (χ0v) is 10.5. The van der Waals surface area contributed by atoms with Gasteiger partial charge in [-0.3, -0.25) is 4.79 Å². The van der Waals surface area contributed by atoms with Crippen LogP contribution < -0.4 is 0 Å². The quantitative estimate of drug-likeness (QED) is 0.599. The van der Waals surface area contributed by atoms with E-state index in [1.54, 1.807) is 0 Å². The van der Waals surface area contributed by atoms with Crippen LogP contribution >= 0.6 is 0 Å². The summed E-state index contributed by atoms with van der Waals surface area (Å²) in [5, 5.41) is 0. The van der Waals surface area contributed by atoms with Gasteiger partial charge in [0.15, 0.2) is 0 Å². The molecule has 0 aromatic carbocycles. The summed E-state index contributed by atoms with van der Waals surface area (Å²) >= 11 is 0. The maximum atomic E-state index is 13.0. The van der Waals surface area contributed by atoms with Crippen LogP contribution in [-0.2, 0) is 4.79 Å². The number of halogens is 16. The molecular formula is C8F16O. The van der Waals surface area contributed by atoms with E-state index in [1.165, 1.54) is 0 Å². The van der Waals surface area contributed by atoms with Crippen molar-refractivity contribution in [3.63, 3.8) is 0 Å². The van der Waals surface area contributed by atoms with Crippen LogP contribution in [0, 0.1) is 0 Å². The Balaban J connectivity index is 6.62. The van der Waals surface area contributed by atoms with E-state index in [2.05, 4.69) is 0 Å². The Labute approximate surface area is 124 Å². The van der Waals surface area contributed by atoms with Gasteiger partial charge in [0, 0.05) is 0 Å². The third-order valence-electron chi connectivity index (χ3n) is 2.53. The Morgan fingerprint density at radius 3 is 0.920 bits per heavy atom. The average Bonchev–Trinajstić information content (AvgIpc) is 2.31. The minimum atomic E-state index is -8.41. The molecule has 17 heteroatoms. The second-order valence-corrected chi connectivity index (χ2v) is 4.20. The highest BCUT2D eigenvalue weighted by Crippen LogP contribution is 2.60. The number of hydrogen-bond donors (Lipinski definition) is 0. The molecule has 150 valence electrons. The molecule has 0 N–H and O–H groups in total. The van der Waals surface area contributed by atoms with E-state index in [-0.39, 0.29) is 0 Å². The van der Waals surface area contributed by atoms with Gasteiger partial charge >= 0.3 is 42.0 Å². The molecular weight excluding hydrogens is 416 g/mol. The normalized spacial score (nSPS) is 16.2. The highest BCUT2D eigenvalue weighted by Gasteiger charge is 2.93. The maximum Gasteiger partial charge on any atom is 0.461 e. The first-order valence-electron chi connectivity index (χ1n) is 4.98. The first-order chi connectivity index (χ1) is 10.4. The zero-order valence-electron chi connectivity index (χ0n) is 10.5. The summed E-state index contributed by atoms with van der Waals surface area (Å²) < 4.78 is 196. The van der Waals surface area contributed by atoms with E-state index in [0.717, 1.165) is 0 Å². The molecule has 0 aliphatic carbocycles. The second kappa shape index (κ2) is 5.52. The summed E-state index contributed by atoms with van der Waals surface area (Å²) in [5.74, 6) is -29.4. The lowest BCUT2D eigenvalue weighted by atomic mass is 9.87. The van der Waals surface area contributed by atoms with Crippen LogP contribution in [0.4, 0.5) is 70.2 Å². The Hall–Kier alpha value is -1.45. The van der Waals surface area contributed by atoms with Gasteiger partial charge in [0.1, 0.15) is 0 Å². The van der Waals surface area contributed by atoms with Gasteiger partial charge in [0.2, 0.25) is 0 Å². The molecule has 0 aromatic rings. The molecule has 0 bridgehead atoms. The molecule has 0 saturated carbocycles. The van der Waals surface area contributed by atoms with Crippen LogP contribution in [0.15, 0.2) is 0 Å². The van der Waals surface area contributed by atoms with Crippen LogP contribution in [0.3, 0.4) is 0 Å². The fraction of sp³-hybridized carbons (Fsp3) is 0.875. The molecule has 0 aliphatic rings. The molecule has 0 spiro atoms. The maximum absolute atomic E-state index is 13.0. The van der Waals surface area contributed by atoms with Gasteiger partial charge in [0.05, 0.1) is 0 Å². The summed E-state index contributed by atoms with van der Waals surface area (Å²) in [6, 6.07) is 0. The SMILES string of the molecule is O=C(C(F)(F)C(F)(F)F)C(F)(F)C(F)(F)C(F)(C(F)(F)F)C(F)(F)F. The van der Waals surface area contributed by atoms with Crippen LogP contribution in [0.2, 0.25) is 0 Å². The lowest BCUT2D eigenvalue weighted by molar-refractivity contribution is -0.422. The van der Waals surface area contributed by atoms with Crippen molar-refractivity contribution in [2.24, 2.45) is 0 Å². The first-order valence-corrected chi connectivity index (χ1v) is 4.98. The van der Waals surface area contributed by atoms with Crippen LogP contribution in [0.25, 0.3) is 0 Å². The summed E-state index contributed by atoms with van der Waals surface area (Å²) in [6.07, 6.45) is -23.4. The summed E-state index contributed by atoms with van der Waals surface area (Å²) in [5.41, 5.74) is -8.33. The van der Waals surface area contributed by atoms with Gasteiger partial charge in [0.25, 0.3) is 5.78 Å². The third kappa shape index (κ3) is 3.09. The zero-order chi connectivity index (χ0) is 21.1. The van der Waals surface area contributed by atoms with Gasteiger partial charge < -0.3 is 0 Å². The van der Waals surface area contributed by atoms with Crippen LogP contribution in [0.5, 0.6) is 0 Å². The van der Waals surface area contributed by atoms with Gasteiger partial charge in [-0.1, -0.05) is 0 Å². The molecule has 0 atom stereocenters. The number of carbonyl (C=O) groups excluding carboxylic acids is 1. The van der Waals surface area contributed by atoms with Crippen molar-refractivity contribution in [1.29, 1.82) is 0 Å². The van der Waals surface area contributed by atoms with Crippen molar-refractivity contribution in [3.8, 4) is 0 Å². The molecule has 0 amide bonds. The lowest BCUT2D eigenvalue weighted by Gasteiger charge is -2.39. The smallest absolute Gasteiger partial charge is 0.285 e. The van der Waals surface area contributed by atoms with E-state index in [4.69, 9.17) is 0 Å². The van der Waals surface area contributed by atoms with Crippen molar-refractivity contribution in [2.45, 2.75) is 42.0 Å². The Kier molecular flexibility index (Phi) is 5.20. The van der Waals surface area contributed by atoms with Gasteiger partial charge in [-0.2, -0.15) is 65.9 Å². The van der Waals surface area contributed by atoms with E-state index in [1.807, 2.05) is 0 Å². The number of ketones is 1. The second-order valence-electron chi connectivity index (χ2n) is 4.20. The monoisotopic (exact) mass is 416 g/mol. The summed E-state index contributed by atoms with van der Waals surface area (Å²) in [7, 11) is 0. The molecule has 0 heterocycles. The van der Waals surface area contributed by atoms with Crippen LogP contribution in [-0.4, -0.2) is 47.7 Å². The molecule has 0 unspecified atom stereocenters. The van der Waals surface area contributed by atoms with Crippen molar-refractivity contribution >= 4 is 5.78 Å². The molecule has 0 radical (unpaired) electrons. The first kappa shape index (κ1) is 23.5. The minimum Gasteiger partial charge on any atom is -0.285 e. The fourth-order valence-electron chi connectivity index (χ4n) is 1.20. The predicted octanol–water partition coefficient (Wildman–Crippen LogP) is 4.86. The minimum absolute atomic E-state index is 5.41. The molecule has 0 aliphatic heterocycles. The van der Waals surface area contributed by atoms with E-state index in [0.29, 0.717) is 0 Å². The number of carbonyl (C=O) groups is 1. The van der Waals surface area contributed by atoms with E-state index < -0.39 is 47.7 Å². The Bertz CT molecular complexity index is 504. The molecule has 0 rings (SSSR count). The molecule has 0 saturated heterocycles. The lowest BCUT2D eigenvalue weighted by Crippen LogP contribution is -2.73. The molecule has 0 fully saturated rings. The van der Waals surface area contributed by atoms with Crippen molar-refractivity contribution in [2.75, 3.05) is 0 Å². The highest BCUT2D eigenvalue weighted by molar-refractivity contribution is 5.94. The molecule has 1 nitrogen and oxygen atoms in total. The largest absolute Gasteiger partial charge is 0.461 e. The fourth-order valence-corrected chi connectivity index (χ4v) is 1.20. The van der Waals surface area contributed by atoms with Gasteiger partial charge in [-0.05, 0) is 0 Å². The standard InChI is InChI=1S/C8F16O/c9-2(10,1(25)3(11,12)6(16,17)18)5(14,15)4(13,7(19,20)21)8(22,23)24. The number of rotatable bonds is 4. The third-order valence-corrected chi connectivity index (χ3v) is 2.53. The predicted molar refractivity (Wildman–Crippen MR) is 41.9 cm³/mol. The Morgan fingerprint density at radius 2 is 0.720 bits per heavy atom. The van der Waals surface area contributed by atoms with Gasteiger partial charge in [-0.15, -0.1) is 0 Å². The van der Waals surface area contributed by atoms with Crippen molar-refractivity contribution in [3.05, 3.63) is 0 Å². The molecule has 0 aromatic heterocycles. The average molecular weight is 416 g/mol. The summed E-state index contributed by atoms with van der Waals surface area (Å²) in [4.78, 5) is 10.3. The van der Waals surface area contributed by atoms with Gasteiger partial charge in [-0.25, -0.2) is 4.39 Å². The van der Waals surface area contributed by atoms with Crippen LogP contribution in [0.1, 0.15) is 0 Å². The molecule has 25 heavy (non-hydrogen) atoms. The summed E-state index contributed by atoms with van der Waals surface area (Å²) in [6.45, 7) is 0. The van der Waals surface area contributed by atoms with Crippen molar-refractivity contribution in [1.82, 2.24) is 0 Å². The number of hydrogen-bond acceptors (Lipinski definition) is 1.